The Labute approximate surface area is 88.5 Å². The zero-order valence-electron chi connectivity index (χ0n) is 8.09. The Morgan fingerprint density at radius 2 is 2.21 bits per heavy atom. The van der Waals surface area contributed by atoms with Crippen LogP contribution in [0.4, 0.5) is 0 Å². The highest BCUT2D eigenvalue weighted by Crippen LogP contribution is 2.28. The molecule has 0 amide bonds. The van der Waals surface area contributed by atoms with Gasteiger partial charge in [-0.2, -0.15) is 0 Å². The first kappa shape index (κ1) is 9.53. The predicted molar refractivity (Wildman–Crippen MR) is 57.9 cm³/mol. The first-order valence-corrected chi connectivity index (χ1v) is 5.08. The summed E-state index contributed by atoms with van der Waals surface area (Å²) in [6, 6.07) is 5.99. The molecule has 0 radical (unpaired) electrons. The van der Waals surface area contributed by atoms with E-state index in [0.717, 1.165) is 35.6 Å². The fourth-order valence-corrected chi connectivity index (χ4v) is 2.18. The van der Waals surface area contributed by atoms with Gasteiger partial charge in [-0.25, -0.2) is 0 Å². The van der Waals surface area contributed by atoms with Crippen molar-refractivity contribution in [3.8, 4) is 0 Å². The molecule has 14 heavy (non-hydrogen) atoms. The first-order chi connectivity index (χ1) is 6.83. The lowest BCUT2D eigenvalue weighted by atomic mass is 9.90. The van der Waals surface area contributed by atoms with E-state index in [0.29, 0.717) is 0 Å². The van der Waals surface area contributed by atoms with Gasteiger partial charge in [-0.05, 0) is 30.9 Å². The van der Waals surface area contributed by atoms with Gasteiger partial charge in [0.05, 0.1) is 10.7 Å². The molecule has 0 saturated heterocycles. The van der Waals surface area contributed by atoms with Gasteiger partial charge in [-0.1, -0.05) is 28.9 Å². The topological polar surface area (TPSA) is 21.6 Å². The molecule has 1 aromatic carbocycles. The second-order valence-corrected chi connectivity index (χ2v) is 3.76. The SMILES string of the molecule is CO/N=C1\CCCc2cccc(Cl)c21. The van der Waals surface area contributed by atoms with E-state index >= 15 is 0 Å². The number of aryl methyl sites for hydroxylation is 1. The fraction of sp³-hybridized carbons (Fsp3) is 0.364. The minimum atomic E-state index is 0.776. The van der Waals surface area contributed by atoms with Crippen molar-refractivity contribution in [2.75, 3.05) is 7.11 Å². The normalized spacial score (nSPS) is 18.0. The number of rotatable bonds is 1. The smallest absolute Gasteiger partial charge is 0.106 e. The minimum absolute atomic E-state index is 0.776. The van der Waals surface area contributed by atoms with Crippen LogP contribution in [0.25, 0.3) is 0 Å². The minimum Gasteiger partial charge on any atom is -0.399 e. The second-order valence-electron chi connectivity index (χ2n) is 3.35. The lowest BCUT2D eigenvalue weighted by Crippen LogP contribution is -2.12. The lowest BCUT2D eigenvalue weighted by molar-refractivity contribution is 0.212. The van der Waals surface area contributed by atoms with E-state index < -0.39 is 0 Å². The predicted octanol–water partition coefficient (Wildman–Crippen LogP) is 3.03. The summed E-state index contributed by atoms with van der Waals surface area (Å²) in [5.41, 5.74) is 3.32. The summed E-state index contributed by atoms with van der Waals surface area (Å²) in [5, 5.41) is 4.79. The van der Waals surface area contributed by atoms with Crippen LogP contribution in [0, 0.1) is 0 Å². The Hall–Kier alpha value is -1.02. The summed E-state index contributed by atoms with van der Waals surface area (Å²) in [6.07, 6.45) is 3.15. The van der Waals surface area contributed by atoms with Gasteiger partial charge in [-0.15, -0.1) is 0 Å². The van der Waals surface area contributed by atoms with Crippen LogP contribution < -0.4 is 0 Å². The van der Waals surface area contributed by atoms with Gasteiger partial charge in [0, 0.05) is 5.56 Å². The van der Waals surface area contributed by atoms with E-state index in [-0.39, 0.29) is 0 Å². The van der Waals surface area contributed by atoms with Gasteiger partial charge in [0.1, 0.15) is 7.11 Å². The Bertz CT molecular complexity index is 374. The molecule has 0 atom stereocenters. The maximum absolute atomic E-state index is 6.14. The molecule has 0 fully saturated rings. The average Bonchev–Trinajstić information content (AvgIpc) is 2.19. The number of hydrogen-bond acceptors (Lipinski definition) is 2. The van der Waals surface area contributed by atoms with E-state index in [4.69, 9.17) is 16.4 Å². The van der Waals surface area contributed by atoms with Crippen molar-refractivity contribution in [1.29, 1.82) is 0 Å². The molecule has 0 unspecified atom stereocenters. The van der Waals surface area contributed by atoms with Crippen LogP contribution in [0.3, 0.4) is 0 Å². The molecular formula is C11H12ClNO. The van der Waals surface area contributed by atoms with Crippen LogP contribution in [0.1, 0.15) is 24.0 Å². The van der Waals surface area contributed by atoms with Crippen molar-refractivity contribution in [3.63, 3.8) is 0 Å². The van der Waals surface area contributed by atoms with Crippen LogP contribution in [-0.2, 0) is 11.3 Å². The monoisotopic (exact) mass is 209 g/mol. The van der Waals surface area contributed by atoms with Crippen molar-refractivity contribution in [2.24, 2.45) is 5.16 Å². The van der Waals surface area contributed by atoms with Crippen LogP contribution in [-0.4, -0.2) is 12.8 Å². The Morgan fingerprint density at radius 1 is 1.36 bits per heavy atom. The van der Waals surface area contributed by atoms with Gasteiger partial charge in [-0.3, -0.25) is 0 Å². The summed E-state index contributed by atoms with van der Waals surface area (Å²) < 4.78 is 0. The van der Waals surface area contributed by atoms with Crippen LogP contribution in [0.5, 0.6) is 0 Å². The third-order valence-corrected chi connectivity index (χ3v) is 2.76. The maximum atomic E-state index is 6.14. The van der Waals surface area contributed by atoms with Crippen molar-refractivity contribution in [1.82, 2.24) is 0 Å². The van der Waals surface area contributed by atoms with Gasteiger partial charge < -0.3 is 4.84 Å². The zero-order valence-corrected chi connectivity index (χ0v) is 8.84. The van der Waals surface area contributed by atoms with Crippen molar-refractivity contribution < 1.29 is 4.84 Å². The van der Waals surface area contributed by atoms with Crippen molar-refractivity contribution >= 4 is 17.3 Å². The molecule has 0 aromatic heterocycles. The molecule has 0 aliphatic heterocycles. The van der Waals surface area contributed by atoms with Crippen molar-refractivity contribution in [3.05, 3.63) is 34.3 Å². The molecule has 0 N–H and O–H groups in total. The number of oxime groups is 1. The van der Waals surface area contributed by atoms with E-state index in [1.54, 1.807) is 7.11 Å². The molecule has 0 saturated carbocycles. The van der Waals surface area contributed by atoms with E-state index in [9.17, 15) is 0 Å². The summed E-state index contributed by atoms with van der Waals surface area (Å²) in [4.78, 5) is 4.82. The molecule has 2 nitrogen and oxygen atoms in total. The summed E-state index contributed by atoms with van der Waals surface area (Å²) in [7, 11) is 1.57. The van der Waals surface area contributed by atoms with E-state index in [2.05, 4.69) is 11.2 Å². The molecule has 1 aliphatic rings. The van der Waals surface area contributed by atoms with Crippen LogP contribution in [0.15, 0.2) is 23.4 Å². The van der Waals surface area contributed by atoms with Gasteiger partial charge in [0.2, 0.25) is 0 Å². The molecular weight excluding hydrogens is 198 g/mol. The third kappa shape index (κ3) is 1.62. The van der Waals surface area contributed by atoms with Gasteiger partial charge in [0.15, 0.2) is 0 Å². The quantitative estimate of drug-likeness (QED) is 0.652. The Kier molecular flexibility index (Phi) is 2.73. The highest BCUT2D eigenvalue weighted by Gasteiger charge is 2.18. The molecule has 1 aromatic rings. The second kappa shape index (κ2) is 4.01. The largest absolute Gasteiger partial charge is 0.399 e. The molecule has 1 aliphatic carbocycles. The van der Waals surface area contributed by atoms with E-state index in [1.807, 2.05) is 12.1 Å². The van der Waals surface area contributed by atoms with Gasteiger partial charge in [0.25, 0.3) is 0 Å². The number of nitrogens with zero attached hydrogens (tertiary/aromatic N) is 1. The third-order valence-electron chi connectivity index (χ3n) is 2.45. The van der Waals surface area contributed by atoms with E-state index in [1.165, 1.54) is 5.56 Å². The Morgan fingerprint density at radius 3 is 3.00 bits per heavy atom. The number of halogens is 1. The van der Waals surface area contributed by atoms with Crippen LogP contribution >= 0.6 is 11.6 Å². The highest BCUT2D eigenvalue weighted by molar-refractivity contribution is 6.34. The van der Waals surface area contributed by atoms with Crippen molar-refractivity contribution in [2.45, 2.75) is 19.3 Å². The molecule has 0 bridgehead atoms. The first-order valence-electron chi connectivity index (χ1n) is 4.70. The lowest BCUT2D eigenvalue weighted by Gasteiger charge is -2.18. The highest BCUT2D eigenvalue weighted by atomic mass is 35.5. The summed E-state index contributed by atoms with van der Waals surface area (Å²) in [6.45, 7) is 0. The molecule has 2 rings (SSSR count). The molecule has 0 spiro atoms. The standard InChI is InChI=1S/C11H12ClNO/c1-14-13-10-7-3-5-8-4-2-6-9(12)11(8)10/h2,4,6H,3,5,7H2,1H3/b13-10+. The zero-order chi connectivity index (χ0) is 9.97. The summed E-state index contributed by atoms with van der Waals surface area (Å²) >= 11 is 6.14. The molecule has 3 heteroatoms. The number of fused-ring (bicyclic) bond motifs is 1. The average molecular weight is 210 g/mol. The summed E-state index contributed by atoms with van der Waals surface area (Å²) in [5.74, 6) is 0. The molecule has 0 heterocycles. The maximum Gasteiger partial charge on any atom is 0.106 e. The van der Waals surface area contributed by atoms with Crippen LogP contribution in [0.2, 0.25) is 5.02 Å². The number of benzene rings is 1. The Balaban J connectivity index is 2.52. The van der Waals surface area contributed by atoms with Gasteiger partial charge >= 0.3 is 0 Å². The fourth-order valence-electron chi connectivity index (χ4n) is 1.87. The number of hydrogen-bond donors (Lipinski definition) is 0. The molecule has 74 valence electrons.